The molecule has 0 amide bonds. The van der Waals surface area contributed by atoms with Gasteiger partial charge in [0, 0.05) is 43.3 Å². The van der Waals surface area contributed by atoms with Gasteiger partial charge in [-0.1, -0.05) is 194 Å². The molecule has 4 heterocycles. The lowest BCUT2D eigenvalue weighted by atomic mass is 9.67. The van der Waals surface area contributed by atoms with E-state index in [1.165, 1.54) is 53.9 Å². The van der Waals surface area contributed by atoms with E-state index in [1.54, 1.807) is 0 Å². The van der Waals surface area contributed by atoms with E-state index >= 15 is 0 Å². The first-order valence-electron chi connectivity index (χ1n) is 21.8. The number of fused-ring (bicyclic) bond motifs is 13. The van der Waals surface area contributed by atoms with Gasteiger partial charge in [-0.25, -0.2) is 9.97 Å². The molecule has 1 spiro atoms. The van der Waals surface area contributed by atoms with Gasteiger partial charge in [0.25, 0.3) is 0 Å². The molecule has 8 aromatic carbocycles. The monoisotopic (exact) mass is 831 g/mol. The summed E-state index contributed by atoms with van der Waals surface area (Å²) < 4.78 is 0. The Labute approximate surface area is 375 Å². The average molecular weight is 832 g/mol. The van der Waals surface area contributed by atoms with Crippen LogP contribution in [0.3, 0.4) is 0 Å². The van der Waals surface area contributed by atoms with Gasteiger partial charge < -0.3 is 0 Å². The molecule has 0 saturated carbocycles. The number of nitrogens with zero attached hydrogens (tertiary/aromatic N) is 3. The van der Waals surface area contributed by atoms with Crippen molar-refractivity contribution in [2.75, 3.05) is 0 Å². The molecule has 3 aromatic heterocycles. The summed E-state index contributed by atoms with van der Waals surface area (Å²) >= 11 is 1.90. The minimum atomic E-state index is -0.441. The van der Waals surface area contributed by atoms with E-state index < -0.39 is 5.41 Å². The number of para-hydroxylation sites is 1. The van der Waals surface area contributed by atoms with E-state index in [0.29, 0.717) is 0 Å². The van der Waals surface area contributed by atoms with Crippen LogP contribution < -0.4 is 0 Å². The Morgan fingerprint density at radius 3 is 1.67 bits per heavy atom. The summed E-state index contributed by atoms with van der Waals surface area (Å²) in [7, 11) is 0. The summed E-state index contributed by atoms with van der Waals surface area (Å²) in [6.45, 7) is 0. The highest BCUT2D eigenvalue weighted by Crippen LogP contribution is 2.63. The number of rotatable bonds is 5. The fraction of sp³-hybridized carbons (Fsp3) is 0.0167. The number of pyridine rings is 3. The van der Waals surface area contributed by atoms with Crippen molar-refractivity contribution in [3.05, 3.63) is 247 Å². The fourth-order valence-corrected chi connectivity index (χ4v) is 11.7. The van der Waals surface area contributed by atoms with Crippen LogP contribution in [-0.2, 0) is 5.41 Å². The third-order valence-corrected chi connectivity index (χ3v) is 14.4. The fourth-order valence-electron chi connectivity index (χ4n) is 10.3. The summed E-state index contributed by atoms with van der Waals surface area (Å²) in [5.74, 6) is 0. The highest BCUT2D eigenvalue weighted by molar-refractivity contribution is 7.99. The highest BCUT2D eigenvalue weighted by atomic mass is 32.2. The van der Waals surface area contributed by atoms with Crippen LogP contribution in [0.5, 0.6) is 0 Å². The summed E-state index contributed by atoms with van der Waals surface area (Å²) in [6, 6.07) is 78.9. The third kappa shape index (κ3) is 5.59. The van der Waals surface area contributed by atoms with Crippen LogP contribution in [0.2, 0.25) is 0 Å². The molecule has 2 aliphatic rings. The lowest BCUT2D eigenvalue weighted by Gasteiger charge is -2.40. The first kappa shape index (κ1) is 36.7. The molecule has 0 atom stereocenters. The van der Waals surface area contributed by atoms with E-state index in [4.69, 9.17) is 9.97 Å². The van der Waals surface area contributed by atoms with Crippen LogP contribution >= 0.6 is 11.8 Å². The van der Waals surface area contributed by atoms with Gasteiger partial charge in [-0.15, -0.1) is 0 Å². The quantitative estimate of drug-likeness (QED) is 0.162. The van der Waals surface area contributed by atoms with Crippen molar-refractivity contribution in [2.45, 2.75) is 15.2 Å². The van der Waals surface area contributed by atoms with Crippen LogP contribution in [0, 0.1) is 0 Å². The predicted molar refractivity (Wildman–Crippen MR) is 263 cm³/mol. The standard InChI is InChI=1S/C60H37N3S/c1-2-14-41(15-3-1)54-36-43(37-55(62-54)53-23-12-13-35-61-53)40-27-25-38(26-28-40)39-29-31-42(32-30-39)58-47-33-34-51-59(57(47)46-18-6-10-22-52(46)63-58)64-56-24-11-9-21-50(56)60(51)48-19-7-4-16-44(48)45-17-5-8-20-49(45)60/h1-37H. The van der Waals surface area contributed by atoms with Crippen LogP contribution in [0.4, 0.5) is 0 Å². The Bertz CT molecular complexity index is 3520. The number of benzene rings is 8. The van der Waals surface area contributed by atoms with E-state index in [9.17, 15) is 0 Å². The molecule has 3 nitrogen and oxygen atoms in total. The van der Waals surface area contributed by atoms with Crippen LogP contribution in [-0.4, -0.2) is 15.0 Å². The minimum Gasteiger partial charge on any atom is -0.255 e. The van der Waals surface area contributed by atoms with Crippen LogP contribution in [0.15, 0.2) is 234 Å². The first-order valence-corrected chi connectivity index (χ1v) is 22.6. The Morgan fingerprint density at radius 2 is 0.953 bits per heavy atom. The van der Waals surface area contributed by atoms with Crippen molar-refractivity contribution >= 4 is 33.4 Å². The Balaban J connectivity index is 0.918. The average Bonchev–Trinajstić information content (AvgIpc) is 3.67. The van der Waals surface area contributed by atoms with Gasteiger partial charge in [0.05, 0.1) is 33.7 Å². The van der Waals surface area contributed by atoms with Crippen LogP contribution in [0.1, 0.15) is 22.3 Å². The zero-order valence-corrected chi connectivity index (χ0v) is 35.4. The molecule has 0 unspecified atom stereocenters. The molecule has 298 valence electrons. The molecule has 11 aromatic rings. The molecule has 0 radical (unpaired) electrons. The van der Waals surface area contributed by atoms with Gasteiger partial charge in [-0.05, 0) is 92.0 Å². The normalized spacial score (nSPS) is 13.1. The maximum atomic E-state index is 5.41. The Morgan fingerprint density at radius 1 is 0.359 bits per heavy atom. The second-order valence-corrected chi connectivity index (χ2v) is 17.7. The van der Waals surface area contributed by atoms with Gasteiger partial charge in [0.2, 0.25) is 0 Å². The molecule has 1 aliphatic carbocycles. The summed E-state index contributed by atoms with van der Waals surface area (Å²) in [5.41, 5.74) is 18.9. The zero-order chi connectivity index (χ0) is 42.2. The summed E-state index contributed by atoms with van der Waals surface area (Å²) in [5, 5.41) is 3.60. The van der Waals surface area contributed by atoms with Crippen molar-refractivity contribution in [1.82, 2.24) is 15.0 Å². The molecule has 0 N–H and O–H groups in total. The molecule has 0 fully saturated rings. The third-order valence-electron chi connectivity index (χ3n) is 13.2. The van der Waals surface area contributed by atoms with Crippen LogP contribution in [0.25, 0.3) is 89.0 Å². The van der Waals surface area contributed by atoms with E-state index in [1.807, 2.05) is 42.2 Å². The SMILES string of the molecule is c1ccc(-c2cc(-c3ccc(-c4ccc(-c5nc6ccccc6c6c7c(ccc56)C5(c6ccccc6S7)c6ccccc6-c6ccccc65)cc4)cc3)cc(-c3ccccn3)n2)cc1. The Kier molecular flexibility index (Phi) is 8.37. The van der Waals surface area contributed by atoms with E-state index in [2.05, 4.69) is 199 Å². The molecule has 0 saturated heterocycles. The summed E-state index contributed by atoms with van der Waals surface area (Å²) in [4.78, 5) is 17.7. The largest absolute Gasteiger partial charge is 0.255 e. The van der Waals surface area contributed by atoms with Gasteiger partial charge in [0.15, 0.2) is 0 Å². The predicted octanol–water partition coefficient (Wildman–Crippen LogP) is 15.3. The first-order chi connectivity index (χ1) is 31.7. The van der Waals surface area contributed by atoms with Crippen molar-refractivity contribution in [2.24, 2.45) is 0 Å². The zero-order valence-electron chi connectivity index (χ0n) is 34.6. The smallest absolute Gasteiger partial charge is 0.0899 e. The van der Waals surface area contributed by atoms with Gasteiger partial charge in [-0.3, -0.25) is 4.98 Å². The second kappa shape index (κ2) is 14.6. The molecule has 4 heteroatoms. The summed E-state index contributed by atoms with van der Waals surface area (Å²) in [6.07, 6.45) is 1.82. The lowest BCUT2D eigenvalue weighted by molar-refractivity contribution is 0.726. The maximum Gasteiger partial charge on any atom is 0.0899 e. The second-order valence-electron chi connectivity index (χ2n) is 16.6. The molecule has 13 rings (SSSR count). The van der Waals surface area contributed by atoms with E-state index in [-0.39, 0.29) is 0 Å². The van der Waals surface area contributed by atoms with Crippen molar-refractivity contribution in [1.29, 1.82) is 0 Å². The minimum absolute atomic E-state index is 0.441. The maximum absolute atomic E-state index is 5.41. The Hall–Kier alpha value is -7.92. The molecular weight excluding hydrogens is 795 g/mol. The topological polar surface area (TPSA) is 38.7 Å². The lowest BCUT2D eigenvalue weighted by Crippen LogP contribution is -2.32. The molecule has 0 bridgehead atoms. The van der Waals surface area contributed by atoms with Crippen molar-refractivity contribution in [3.8, 4) is 67.3 Å². The van der Waals surface area contributed by atoms with Crippen molar-refractivity contribution in [3.63, 3.8) is 0 Å². The van der Waals surface area contributed by atoms with E-state index in [0.717, 1.165) is 67.1 Å². The number of hydrogen-bond donors (Lipinski definition) is 0. The molecular formula is C60H37N3S. The van der Waals surface area contributed by atoms with Crippen molar-refractivity contribution < 1.29 is 0 Å². The molecule has 1 aliphatic heterocycles. The van der Waals surface area contributed by atoms with Gasteiger partial charge >= 0.3 is 0 Å². The highest BCUT2D eigenvalue weighted by Gasteiger charge is 2.50. The van der Waals surface area contributed by atoms with Gasteiger partial charge in [-0.2, -0.15) is 0 Å². The van der Waals surface area contributed by atoms with Gasteiger partial charge in [0.1, 0.15) is 0 Å². The number of aromatic nitrogens is 3. The molecule has 64 heavy (non-hydrogen) atoms. The number of hydrogen-bond acceptors (Lipinski definition) is 4.